The Morgan fingerprint density at radius 1 is 1.26 bits per heavy atom. The molecule has 19 heavy (non-hydrogen) atoms. The Kier molecular flexibility index (Phi) is 3.42. The lowest BCUT2D eigenvalue weighted by atomic mass is 10.1. The van der Waals surface area contributed by atoms with Gasteiger partial charge in [-0.15, -0.1) is 0 Å². The van der Waals surface area contributed by atoms with Crippen LogP contribution in [0.15, 0.2) is 24.3 Å². The average molecular weight is 262 g/mol. The van der Waals surface area contributed by atoms with Crippen molar-refractivity contribution in [3.63, 3.8) is 0 Å². The van der Waals surface area contributed by atoms with E-state index in [1.165, 1.54) is 0 Å². The lowest BCUT2D eigenvalue weighted by molar-refractivity contribution is -0.138. The van der Waals surface area contributed by atoms with E-state index >= 15 is 0 Å². The summed E-state index contributed by atoms with van der Waals surface area (Å²) in [6.45, 7) is 0.769. The van der Waals surface area contributed by atoms with E-state index in [-0.39, 0.29) is 18.1 Å². The van der Waals surface area contributed by atoms with Crippen LogP contribution in [-0.2, 0) is 9.53 Å². The molecular formula is C15H18O4. The number of carbonyl (C=O) groups is 1. The predicted molar refractivity (Wildman–Crippen MR) is 69.1 cm³/mol. The van der Waals surface area contributed by atoms with Crippen LogP contribution in [0.2, 0.25) is 0 Å². The fourth-order valence-corrected chi connectivity index (χ4v) is 2.59. The number of benzene rings is 1. The van der Waals surface area contributed by atoms with Crippen molar-refractivity contribution in [1.29, 1.82) is 0 Å². The van der Waals surface area contributed by atoms with Crippen molar-refractivity contribution in [2.24, 2.45) is 5.92 Å². The van der Waals surface area contributed by atoms with Crippen LogP contribution in [-0.4, -0.2) is 24.0 Å². The predicted octanol–water partition coefficient (Wildman–Crippen LogP) is 2.78. The zero-order valence-corrected chi connectivity index (χ0v) is 10.7. The Hall–Kier alpha value is -1.55. The number of hydrogen-bond acceptors (Lipinski definition) is 3. The summed E-state index contributed by atoms with van der Waals surface area (Å²) >= 11 is 0. The molecule has 0 aromatic heterocycles. The number of hydrogen-bond donors (Lipinski definition) is 1. The molecule has 102 valence electrons. The SMILES string of the molecule is O=C(O)[C@H]1C[C@@H]1c1ccc(O[C@H]2CCCCO2)cc1. The second-order valence-corrected chi connectivity index (χ2v) is 5.27. The molecule has 0 bridgehead atoms. The third-order valence-electron chi connectivity index (χ3n) is 3.82. The topological polar surface area (TPSA) is 55.8 Å². The van der Waals surface area contributed by atoms with E-state index in [0.717, 1.165) is 43.6 Å². The van der Waals surface area contributed by atoms with Crippen molar-refractivity contribution >= 4 is 5.97 Å². The van der Waals surface area contributed by atoms with E-state index in [1.807, 2.05) is 24.3 Å². The summed E-state index contributed by atoms with van der Waals surface area (Å²) in [4.78, 5) is 10.8. The molecule has 3 rings (SSSR count). The fraction of sp³-hybridized carbons (Fsp3) is 0.533. The smallest absolute Gasteiger partial charge is 0.307 e. The van der Waals surface area contributed by atoms with Crippen LogP contribution in [0.3, 0.4) is 0 Å². The average Bonchev–Trinajstić information content (AvgIpc) is 3.21. The highest BCUT2D eigenvalue weighted by Crippen LogP contribution is 2.47. The summed E-state index contributed by atoms with van der Waals surface area (Å²) in [6, 6.07) is 7.74. The minimum absolute atomic E-state index is 0.132. The summed E-state index contributed by atoms with van der Waals surface area (Å²) in [5, 5.41) is 8.91. The van der Waals surface area contributed by atoms with Gasteiger partial charge in [-0.25, -0.2) is 0 Å². The molecule has 2 fully saturated rings. The Bertz CT molecular complexity index is 448. The second-order valence-electron chi connectivity index (χ2n) is 5.27. The number of rotatable bonds is 4. The molecule has 1 heterocycles. The highest BCUT2D eigenvalue weighted by molar-refractivity contribution is 5.75. The molecule has 4 heteroatoms. The summed E-state index contributed by atoms with van der Waals surface area (Å²) in [7, 11) is 0. The van der Waals surface area contributed by atoms with Gasteiger partial charge in [0.25, 0.3) is 0 Å². The Morgan fingerprint density at radius 3 is 2.63 bits per heavy atom. The quantitative estimate of drug-likeness (QED) is 0.906. The van der Waals surface area contributed by atoms with Gasteiger partial charge in [0.15, 0.2) is 6.29 Å². The molecule has 0 spiro atoms. The Labute approximate surface area is 112 Å². The first-order valence-corrected chi connectivity index (χ1v) is 6.85. The van der Waals surface area contributed by atoms with Gasteiger partial charge in [-0.2, -0.15) is 0 Å². The van der Waals surface area contributed by atoms with Crippen molar-refractivity contribution in [1.82, 2.24) is 0 Å². The Morgan fingerprint density at radius 2 is 2.05 bits per heavy atom. The summed E-state index contributed by atoms with van der Waals surface area (Å²) in [6.07, 6.45) is 3.81. The molecule has 1 N–H and O–H groups in total. The van der Waals surface area contributed by atoms with Crippen molar-refractivity contribution in [2.75, 3.05) is 6.61 Å². The van der Waals surface area contributed by atoms with Gasteiger partial charge in [-0.1, -0.05) is 12.1 Å². The molecule has 1 aromatic carbocycles. The third kappa shape index (κ3) is 2.89. The van der Waals surface area contributed by atoms with E-state index in [4.69, 9.17) is 14.6 Å². The van der Waals surface area contributed by atoms with Gasteiger partial charge in [0.05, 0.1) is 12.5 Å². The minimum Gasteiger partial charge on any atom is -0.481 e. The molecule has 4 nitrogen and oxygen atoms in total. The van der Waals surface area contributed by atoms with Gasteiger partial charge in [-0.3, -0.25) is 4.79 Å². The van der Waals surface area contributed by atoms with Crippen molar-refractivity contribution in [2.45, 2.75) is 37.9 Å². The zero-order chi connectivity index (χ0) is 13.2. The maximum absolute atomic E-state index is 10.8. The molecular weight excluding hydrogens is 244 g/mol. The molecule has 0 radical (unpaired) electrons. The fourth-order valence-electron chi connectivity index (χ4n) is 2.59. The molecule has 0 unspecified atom stereocenters. The Balaban J connectivity index is 1.58. The number of carboxylic acid groups (broad SMARTS) is 1. The molecule has 1 aliphatic carbocycles. The normalized spacial score (nSPS) is 29.8. The van der Waals surface area contributed by atoms with Crippen LogP contribution in [0, 0.1) is 5.92 Å². The molecule has 1 saturated heterocycles. The largest absolute Gasteiger partial charge is 0.481 e. The maximum Gasteiger partial charge on any atom is 0.307 e. The van der Waals surface area contributed by atoms with Crippen LogP contribution in [0.1, 0.15) is 37.2 Å². The summed E-state index contributed by atoms with van der Waals surface area (Å²) < 4.78 is 11.3. The number of ether oxygens (including phenoxy) is 2. The van der Waals surface area contributed by atoms with Gasteiger partial charge in [0.1, 0.15) is 5.75 Å². The van der Waals surface area contributed by atoms with Gasteiger partial charge in [0, 0.05) is 6.42 Å². The van der Waals surface area contributed by atoms with Crippen molar-refractivity contribution in [3.05, 3.63) is 29.8 Å². The van der Waals surface area contributed by atoms with E-state index in [9.17, 15) is 4.79 Å². The van der Waals surface area contributed by atoms with Gasteiger partial charge in [-0.05, 0) is 42.9 Å². The molecule has 1 aliphatic heterocycles. The van der Waals surface area contributed by atoms with Crippen molar-refractivity contribution in [3.8, 4) is 5.75 Å². The molecule has 2 aliphatic rings. The van der Waals surface area contributed by atoms with Crippen LogP contribution in [0.5, 0.6) is 5.75 Å². The van der Waals surface area contributed by atoms with Crippen LogP contribution in [0.25, 0.3) is 0 Å². The van der Waals surface area contributed by atoms with Crippen molar-refractivity contribution < 1.29 is 19.4 Å². The van der Waals surface area contributed by atoms with E-state index in [1.54, 1.807) is 0 Å². The molecule has 0 amide bonds. The van der Waals surface area contributed by atoms with Crippen LogP contribution < -0.4 is 4.74 Å². The highest BCUT2D eigenvalue weighted by atomic mass is 16.7. The molecule has 1 aromatic rings. The summed E-state index contributed by atoms with van der Waals surface area (Å²) in [5.41, 5.74) is 1.09. The van der Waals surface area contributed by atoms with Crippen LogP contribution in [0.4, 0.5) is 0 Å². The van der Waals surface area contributed by atoms with E-state index in [2.05, 4.69) is 0 Å². The lowest BCUT2D eigenvalue weighted by Crippen LogP contribution is -2.24. The number of aliphatic carboxylic acids is 1. The highest BCUT2D eigenvalue weighted by Gasteiger charge is 2.44. The summed E-state index contributed by atoms with van der Waals surface area (Å²) in [5.74, 6) is 0.0787. The van der Waals surface area contributed by atoms with Gasteiger partial charge >= 0.3 is 5.97 Å². The number of carboxylic acids is 1. The van der Waals surface area contributed by atoms with E-state index in [0.29, 0.717) is 0 Å². The lowest BCUT2D eigenvalue weighted by Gasteiger charge is -2.23. The monoisotopic (exact) mass is 262 g/mol. The standard InChI is InChI=1S/C15H18O4/c16-15(17)13-9-12(13)10-4-6-11(7-5-10)19-14-3-1-2-8-18-14/h4-7,12-14H,1-3,8-9H2,(H,16,17)/t12-,13+,14+/m1/s1. The first-order chi connectivity index (χ1) is 9.24. The van der Waals surface area contributed by atoms with Gasteiger partial charge < -0.3 is 14.6 Å². The maximum atomic E-state index is 10.8. The van der Waals surface area contributed by atoms with E-state index < -0.39 is 5.97 Å². The first-order valence-electron chi connectivity index (χ1n) is 6.85. The van der Waals surface area contributed by atoms with Gasteiger partial charge in [0.2, 0.25) is 0 Å². The van der Waals surface area contributed by atoms with Crippen LogP contribution >= 0.6 is 0 Å². The zero-order valence-electron chi connectivity index (χ0n) is 10.7. The second kappa shape index (κ2) is 5.21. The molecule has 3 atom stereocenters. The minimum atomic E-state index is -0.694. The third-order valence-corrected chi connectivity index (χ3v) is 3.82. The molecule has 1 saturated carbocycles. The first kappa shape index (κ1) is 12.5.